The Morgan fingerprint density at radius 2 is 1.90 bits per heavy atom. The monoisotopic (exact) mass is 324 g/mol. The minimum absolute atomic E-state index is 0.388. The SMILES string of the molecule is CNCCc1ccc(S(=O)(=O)N(C)c2ccccc2C)s1. The van der Waals surface area contributed by atoms with Gasteiger partial charge in [-0.3, -0.25) is 4.31 Å². The molecule has 0 aliphatic rings. The number of aryl methyl sites for hydroxylation is 1. The van der Waals surface area contributed by atoms with Crippen molar-refractivity contribution in [3.8, 4) is 0 Å². The van der Waals surface area contributed by atoms with Gasteiger partial charge in [-0.25, -0.2) is 8.42 Å². The molecule has 114 valence electrons. The van der Waals surface area contributed by atoms with E-state index in [1.807, 2.05) is 44.3 Å². The molecule has 1 aromatic heterocycles. The number of para-hydroxylation sites is 1. The van der Waals surface area contributed by atoms with Gasteiger partial charge in [-0.2, -0.15) is 0 Å². The number of nitrogens with zero attached hydrogens (tertiary/aromatic N) is 1. The molecule has 6 heteroatoms. The third-order valence-corrected chi connectivity index (χ3v) is 6.71. The van der Waals surface area contributed by atoms with Gasteiger partial charge in [0.25, 0.3) is 10.0 Å². The Hall–Kier alpha value is -1.37. The Kier molecular flexibility index (Phi) is 5.03. The molecule has 1 N–H and O–H groups in total. The molecule has 0 atom stereocenters. The van der Waals surface area contributed by atoms with Crippen molar-refractivity contribution in [1.82, 2.24) is 5.32 Å². The number of hydrogen-bond acceptors (Lipinski definition) is 4. The van der Waals surface area contributed by atoms with Crippen LogP contribution in [0.1, 0.15) is 10.4 Å². The van der Waals surface area contributed by atoms with Crippen LogP contribution in [0.25, 0.3) is 0 Å². The summed E-state index contributed by atoms with van der Waals surface area (Å²) in [5.74, 6) is 0. The fraction of sp³-hybridized carbons (Fsp3) is 0.333. The molecular weight excluding hydrogens is 304 g/mol. The molecule has 1 heterocycles. The Labute approximate surface area is 130 Å². The van der Waals surface area contributed by atoms with Gasteiger partial charge in [-0.05, 0) is 50.7 Å². The van der Waals surface area contributed by atoms with Gasteiger partial charge in [-0.15, -0.1) is 11.3 Å². The maximum atomic E-state index is 12.7. The van der Waals surface area contributed by atoms with E-state index >= 15 is 0 Å². The summed E-state index contributed by atoms with van der Waals surface area (Å²) < 4.78 is 27.1. The molecule has 0 saturated carbocycles. The fourth-order valence-electron chi connectivity index (χ4n) is 2.06. The average molecular weight is 324 g/mol. The summed E-state index contributed by atoms with van der Waals surface area (Å²) in [5.41, 5.74) is 1.65. The number of thiophene rings is 1. The van der Waals surface area contributed by atoms with Crippen LogP contribution in [0, 0.1) is 6.92 Å². The number of benzene rings is 1. The van der Waals surface area contributed by atoms with Gasteiger partial charge in [0.1, 0.15) is 4.21 Å². The van der Waals surface area contributed by atoms with E-state index in [2.05, 4.69) is 5.32 Å². The van der Waals surface area contributed by atoms with Crippen molar-refractivity contribution < 1.29 is 8.42 Å². The van der Waals surface area contributed by atoms with Crippen molar-refractivity contribution in [3.63, 3.8) is 0 Å². The van der Waals surface area contributed by atoms with Crippen LogP contribution in [0.2, 0.25) is 0 Å². The van der Waals surface area contributed by atoms with E-state index in [4.69, 9.17) is 0 Å². The van der Waals surface area contributed by atoms with Gasteiger partial charge in [0, 0.05) is 11.9 Å². The lowest BCUT2D eigenvalue weighted by Crippen LogP contribution is -2.26. The second-order valence-corrected chi connectivity index (χ2v) is 8.20. The first-order chi connectivity index (χ1) is 9.96. The fourth-order valence-corrected chi connectivity index (χ4v) is 4.85. The van der Waals surface area contributed by atoms with Crippen LogP contribution in [0.4, 0.5) is 5.69 Å². The topological polar surface area (TPSA) is 49.4 Å². The van der Waals surface area contributed by atoms with Crippen LogP contribution in [0.3, 0.4) is 0 Å². The second kappa shape index (κ2) is 6.60. The van der Waals surface area contributed by atoms with E-state index in [9.17, 15) is 8.42 Å². The summed E-state index contributed by atoms with van der Waals surface area (Å²) in [6.45, 7) is 2.75. The lowest BCUT2D eigenvalue weighted by Gasteiger charge is -2.20. The van der Waals surface area contributed by atoms with Crippen molar-refractivity contribution in [2.24, 2.45) is 0 Å². The molecule has 21 heavy (non-hydrogen) atoms. The molecule has 0 radical (unpaired) electrons. The van der Waals surface area contributed by atoms with Crippen molar-refractivity contribution >= 4 is 27.0 Å². The molecule has 2 rings (SSSR count). The number of anilines is 1. The van der Waals surface area contributed by atoms with Gasteiger partial charge in [0.05, 0.1) is 5.69 Å². The van der Waals surface area contributed by atoms with Crippen LogP contribution in [-0.4, -0.2) is 29.1 Å². The van der Waals surface area contributed by atoms with Crippen LogP contribution in [-0.2, 0) is 16.4 Å². The summed E-state index contributed by atoms with van der Waals surface area (Å²) in [7, 11) is 0.000678. The molecule has 0 aliphatic carbocycles. The van der Waals surface area contributed by atoms with E-state index in [0.29, 0.717) is 9.90 Å². The summed E-state index contributed by atoms with van der Waals surface area (Å²) >= 11 is 1.34. The smallest absolute Gasteiger partial charge is 0.273 e. The highest BCUT2D eigenvalue weighted by molar-refractivity contribution is 7.94. The van der Waals surface area contributed by atoms with E-state index in [1.54, 1.807) is 13.1 Å². The van der Waals surface area contributed by atoms with Gasteiger partial charge < -0.3 is 5.32 Å². The molecule has 1 aromatic carbocycles. The number of hydrogen-bond donors (Lipinski definition) is 1. The zero-order chi connectivity index (χ0) is 15.5. The van der Waals surface area contributed by atoms with Crippen molar-refractivity contribution in [3.05, 3.63) is 46.8 Å². The predicted molar refractivity (Wildman–Crippen MR) is 88.7 cm³/mol. The third-order valence-electron chi connectivity index (χ3n) is 3.33. The molecule has 2 aromatic rings. The Bertz CT molecular complexity index is 708. The lowest BCUT2D eigenvalue weighted by molar-refractivity contribution is 0.596. The van der Waals surface area contributed by atoms with Gasteiger partial charge in [-0.1, -0.05) is 18.2 Å². The van der Waals surface area contributed by atoms with Crippen LogP contribution in [0.5, 0.6) is 0 Å². The van der Waals surface area contributed by atoms with E-state index in [1.165, 1.54) is 15.6 Å². The molecule has 0 unspecified atom stereocenters. The largest absolute Gasteiger partial charge is 0.319 e. The number of rotatable bonds is 6. The highest BCUT2D eigenvalue weighted by Crippen LogP contribution is 2.29. The second-order valence-electron chi connectivity index (χ2n) is 4.83. The van der Waals surface area contributed by atoms with Crippen molar-refractivity contribution in [2.75, 3.05) is 24.9 Å². The van der Waals surface area contributed by atoms with Crippen LogP contribution >= 0.6 is 11.3 Å². The first kappa shape index (κ1) is 16.0. The van der Waals surface area contributed by atoms with Crippen molar-refractivity contribution in [1.29, 1.82) is 0 Å². The molecule has 4 nitrogen and oxygen atoms in total. The molecule has 0 bridgehead atoms. The predicted octanol–water partition coefficient (Wildman–Crippen LogP) is 2.64. The minimum atomic E-state index is -3.49. The maximum Gasteiger partial charge on any atom is 0.273 e. The quantitative estimate of drug-likeness (QED) is 0.889. The Morgan fingerprint density at radius 3 is 2.57 bits per heavy atom. The standard InChI is InChI=1S/C15H20N2O2S2/c1-12-6-4-5-7-14(12)17(3)21(18,19)15-9-8-13(20-15)10-11-16-2/h4-9,16H,10-11H2,1-3H3. The van der Waals surface area contributed by atoms with E-state index in [-0.39, 0.29) is 0 Å². The molecular formula is C15H20N2O2S2. The molecule has 0 spiro atoms. The zero-order valence-electron chi connectivity index (χ0n) is 12.5. The molecule has 0 aliphatic heterocycles. The Balaban J connectivity index is 2.29. The normalized spacial score (nSPS) is 11.6. The highest BCUT2D eigenvalue weighted by Gasteiger charge is 2.24. The van der Waals surface area contributed by atoms with Gasteiger partial charge in [0.2, 0.25) is 0 Å². The first-order valence-corrected chi connectivity index (χ1v) is 9.00. The molecule has 0 saturated heterocycles. The van der Waals surface area contributed by atoms with Crippen LogP contribution in [0.15, 0.2) is 40.6 Å². The van der Waals surface area contributed by atoms with Gasteiger partial charge >= 0.3 is 0 Å². The average Bonchev–Trinajstić information content (AvgIpc) is 2.94. The first-order valence-electron chi connectivity index (χ1n) is 6.74. The number of sulfonamides is 1. The maximum absolute atomic E-state index is 12.7. The zero-order valence-corrected chi connectivity index (χ0v) is 14.1. The summed E-state index contributed by atoms with van der Waals surface area (Å²) in [6, 6.07) is 11.1. The lowest BCUT2D eigenvalue weighted by atomic mass is 10.2. The van der Waals surface area contributed by atoms with E-state index < -0.39 is 10.0 Å². The number of likely N-dealkylation sites (N-methyl/N-ethyl adjacent to an activating group) is 1. The van der Waals surface area contributed by atoms with Crippen molar-refractivity contribution in [2.45, 2.75) is 17.6 Å². The highest BCUT2D eigenvalue weighted by atomic mass is 32.2. The third kappa shape index (κ3) is 3.45. The van der Waals surface area contributed by atoms with Crippen LogP contribution < -0.4 is 9.62 Å². The molecule has 0 fully saturated rings. The summed E-state index contributed by atoms with van der Waals surface area (Å²) in [5, 5.41) is 3.07. The molecule has 0 amide bonds. The Morgan fingerprint density at radius 1 is 1.19 bits per heavy atom. The summed E-state index contributed by atoms with van der Waals surface area (Å²) in [6.07, 6.45) is 0.838. The minimum Gasteiger partial charge on any atom is -0.319 e. The number of nitrogens with one attached hydrogen (secondary N) is 1. The summed E-state index contributed by atoms with van der Waals surface area (Å²) in [4.78, 5) is 1.07. The van der Waals surface area contributed by atoms with E-state index in [0.717, 1.165) is 23.4 Å². The van der Waals surface area contributed by atoms with Gasteiger partial charge in [0.15, 0.2) is 0 Å².